The fraction of sp³-hybridized carbons (Fsp3) is 0.375. The van der Waals surface area contributed by atoms with Gasteiger partial charge in [-0.3, -0.25) is 14.2 Å². The first-order chi connectivity index (χ1) is 14.3. The van der Waals surface area contributed by atoms with Gasteiger partial charge in [-0.15, -0.1) is 0 Å². The van der Waals surface area contributed by atoms with Crippen LogP contribution in [-0.2, 0) is 13.0 Å². The van der Waals surface area contributed by atoms with Crippen LogP contribution in [0.15, 0.2) is 27.4 Å². The van der Waals surface area contributed by atoms with Gasteiger partial charge in [0, 0.05) is 17.5 Å². The summed E-state index contributed by atoms with van der Waals surface area (Å²) in [4.78, 5) is 26.1. The van der Waals surface area contributed by atoms with E-state index in [9.17, 15) is 20.0 Å². The number of pyridine rings is 1. The first-order valence-corrected chi connectivity index (χ1v) is 10.3. The quantitative estimate of drug-likeness (QED) is 0.450. The molecule has 2 aromatic heterocycles. The Hall–Kier alpha value is -3.33. The van der Waals surface area contributed by atoms with Crippen LogP contribution >= 0.6 is 0 Å². The lowest BCUT2D eigenvalue weighted by Crippen LogP contribution is -2.27. The van der Waals surface area contributed by atoms with E-state index >= 15 is 0 Å². The topological polar surface area (TPSA) is 96.2 Å². The van der Waals surface area contributed by atoms with Crippen molar-refractivity contribution >= 4 is 16.8 Å². The minimum absolute atomic E-state index is 0.0551. The molecule has 2 heterocycles. The number of unbranched alkanes of at least 4 members (excludes halogenated alkanes) is 2. The van der Waals surface area contributed by atoms with E-state index in [4.69, 9.17) is 4.42 Å². The molecule has 0 saturated carbocycles. The van der Waals surface area contributed by atoms with E-state index in [0.29, 0.717) is 17.6 Å². The third-order valence-corrected chi connectivity index (χ3v) is 5.63. The summed E-state index contributed by atoms with van der Waals surface area (Å²) < 4.78 is 6.96. The monoisotopic (exact) mass is 406 g/mol. The van der Waals surface area contributed by atoms with Crippen molar-refractivity contribution in [3.05, 3.63) is 62.1 Å². The summed E-state index contributed by atoms with van der Waals surface area (Å²) in [6.45, 7) is 7.63. The molecule has 6 nitrogen and oxygen atoms in total. The van der Waals surface area contributed by atoms with Gasteiger partial charge in [0.25, 0.3) is 5.56 Å². The number of aryl methyl sites for hydroxylation is 2. The maximum Gasteiger partial charge on any atom is 0.271 e. The SMILES string of the molecule is CCCCCn1c(O)c(C(=O)c2oc3ccc(CC)cc3c2C)c(C)c(C#N)c1=O. The molecular formula is C24H26N2O4. The van der Waals surface area contributed by atoms with Crippen LogP contribution in [0.2, 0.25) is 0 Å². The molecule has 0 unspecified atom stereocenters. The minimum atomic E-state index is -0.575. The first kappa shape index (κ1) is 21.4. The Morgan fingerprint density at radius 2 is 1.93 bits per heavy atom. The van der Waals surface area contributed by atoms with Crippen molar-refractivity contribution in [3.63, 3.8) is 0 Å². The van der Waals surface area contributed by atoms with Gasteiger partial charge in [-0.2, -0.15) is 5.26 Å². The number of nitrogens with zero attached hydrogens (tertiary/aromatic N) is 2. The number of aromatic hydroxyl groups is 1. The Morgan fingerprint density at radius 3 is 2.57 bits per heavy atom. The predicted octanol–water partition coefficient (Wildman–Crippen LogP) is 4.77. The van der Waals surface area contributed by atoms with Gasteiger partial charge in [0.05, 0.1) is 5.56 Å². The van der Waals surface area contributed by atoms with Crippen LogP contribution in [0.3, 0.4) is 0 Å². The molecule has 1 aromatic carbocycles. The Balaban J connectivity index is 2.20. The highest BCUT2D eigenvalue weighted by Crippen LogP contribution is 2.31. The summed E-state index contributed by atoms with van der Waals surface area (Å²) in [7, 11) is 0. The predicted molar refractivity (Wildman–Crippen MR) is 115 cm³/mol. The van der Waals surface area contributed by atoms with Gasteiger partial charge >= 0.3 is 0 Å². The van der Waals surface area contributed by atoms with Crippen LogP contribution in [0.25, 0.3) is 11.0 Å². The Bertz CT molecular complexity index is 1220. The fourth-order valence-electron chi connectivity index (χ4n) is 3.77. The number of furan rings is 1. The second-order valence-corrected chi connectivity index (χ2v) is 7.54. The molecule has 0 aliphatic rings. The van der Waals surface area contributed by atoms with E-state index in [1.807, 2.05) is 31.2 Å². The molecule has 0 saturated heterocycles. The fourth-order valence-corrected chi connectivity index (χ4v) is 3.77. The van der Waals surface area contributed by atoms with Crippen LogP contribution in [0.1, 0.15) is 71.5 Å². The van der Waals surface area contributed by atoms with E-state index in [2.05, 4.69) is 6.92 Å². The van der Waals surface area contributed by atoms with Crippen molar-refractivity contribution in [2.45, 2.75) is 59.9 Å². The van der Waals surface area contributed by atoms with Gasteiger partial charge < -0.3 is 9.52 Å². The molecule has 0 radical (unpaired) electrons. The lowest BCUT2D eigenvalue weighted by Gasteiger charge is -2.15. The second-order valence-electron chi connectivity index (χ2n) is 7.54. The second kappa shape index (κ2) is 8.58. The summed E-state index contributed by atoms with van der Waals surface area (Å²) in [5, 5.41) is 21.2. The lowest BCUT2D eigenvalue weighted by molar-refractivity contribution is 0.100. The molecule has 0 fully saturated rings. The van der Waals surface area contributed by atoms with Crippen molar-refractivity contribution in [2.24, 2.45) is 0 Å². The molecule has 0 bridgehead atoms. The number of carbonyl (C=O) groups excluding carboxylic acids is 1. The molecule has 3 aromatic rings. The molecule has 30 heavy (non-hydrogen) atoms. The van der Waals surface area contributed by atoms with Crippen LogP contribution < -0.4 is 5.56 Å². The Labute approximate surface area is 175 Å². The molecule has 0 spiro atoms. The number of aromatic nitrogens is 1. The highest BCUT2D eigenvalue weighted by molar-refractivity contribution is 6.12. The van der Waals surface area contributed by atoms with E-state index < -0.39 is 17.2 Å². The van der Waals surface area contributed by atoms with Gasteiger partial charge in [-0.1, -0.05) is 32.8 Å². The molecule has 0 amide bonds. The average molecular weight is 406 g/mol. The smallest absolute Gasteiger partial charge is 0.271 e. The van der Waals surface area contributed by atoms with E-state index in [1.165, 1.54) is 6.92 Å². The normalized spacial score (nSPS) is 11.0. The summed E-state index contributed by atoms with van der Waals surface area (Å²) in [5.41, 5.74) is 1.80. The molecule has 0 aliphatic carbocycles. The van der Waals surface area contributed by atoms with Crippen molar-refractivity contribution in [2.75, 3.05) is 0 Å². The van der Waals surface area contributed by atoms with Gasteiger partial charge in [0.2, 0.25) is 11.7 Å². The number of carbonyl (C=O) groups is 1. The number of nitriles is 1. The van der Waals surface area contributed by atoms with Crippen LogP contribution in [0.4, 0.5) is 0 Å². The minimum Gasteiger partial charge on any atom is -0.494 e. The summed E-state index contributed by atoms with van der Waals surface area (Å²) in [6.07, 6.45) is 3.33. The van der Waals surface area contributed by atoms with Crippen LogP contribution in [0.5, 0.6) is 5.88 Å². The number of ketones is 1. The van der Waals surface area contributed by atoms with E-state index in [1.54, 1.807) is 6.92 Å². The largest absolute Gasteiger partial charge is 0.494 e. The van der Waals surface area contributed by atoms with Gasteiger partial charge in [-0.05, 0) is 49.9 Å². The summed E-state index contributed by atoms with van der Waals surface area (Å²) in [6, 6.07) is 7.67. The number of benzene rings is 1. The van der Waals surface area contributed by atoms with E-state index in [-0.39, 0.29) is 29.0 Å². The van der Waals surface area contributed by atoms with Crippen molar-refractivity contribution in [1.29, 1.82) is 5.26 Å². The highest BCUT2D eigenvalue weighted by atomic mass is 16.3. The van der Waals surface area contributed by atoms with E-state index in [0.717, 1.165) is 34.8 Å². The number of fused-ring (bicyclic) bond motifs is 1. The number of hydrogen-bond donors (Lipinski definition) is 1. The maximum atomic E-state index is 13.4. The zero-order valence-corrected chi connectivity index (χ0v) is 17.8. The van der Waals surface area contributed by atoms with Crippen LogP contribution in [-0.4, -0.2) is 15.5 Å². The highest BCUT2D eigenvalue weighted by Gasteiger charge is 2.28. The molecule has 156 valence electrons. The Kier molecular flexibility index (Phi) is 6.12. The van der Waals surface area contributed by atoms with Crippen molar-refractivity contribution in [1.82, 2.24) is 4.57 Å². The zero-order valence-electron chi connectivity index (χ0n) is 17.8. The molecule has 0 aliphatic heterocycles. The molecular weight excluding hydrogens is 380 g/mol. The van der Waals surface area contributed by atoms with Crippen molar-refractivity contribution in [3.8, 4) is 11.9 Å². The maximum absolute atomic E-state index is 13.4. The van der Waals surface area contributed by atoms with Crippen LogP contribution in [0, 0.1) is 25.2 Å². The van der Waals surface area contributed by atoms with Gasteiger partial charge in [-0.25, -0.2) is 0 Å². The molecule has 6 heteroatoms. The zero-order chi connectivity index (χ0) is 22.0. The summed E-state index contributed by atoms with van der Waals surface area (Å²) >= 11 is 0. The first-order valence-electron chi connectivity index (χ1n) is 10.3. The van der Waals surface area contributed by atoms with Crippen molar-refractivity contribution < 1.29 is 14.3 Å². The molecule has 1 N–H and O–H groups in total. The summed E-state index contributed by atoms with van der Waals surface area (Å²) in [5.74, 6) is -0.830. The van der Waals surface area contributed by atoms with Gasteiger partial charge in [0.15, 0.2) is 5.76 Å². The molecule has 3 rings (SSSR count). The third kappa shape index (κ3) is 3.52. The van der Waals surface area contributed by atoms with Gasteiger partial charge in [0.1, 0.15) is 17.2 Å². The molecule has 0 atom stereocenters. The average Bonchev–Trinajstić information content (AvgIpc) is 3.06. The number of rotatable bonds is 7. The third-order valence-electron chi connectivity index (χ3n) is 5.63. The lowest BCUT2D eigenvalue weighted by atomic mass is 9.98. The Morgan fingerprint density at radius 1 is 1.20 bits per heavy atom. The number of hydrogen-bond acceptors (Lipinski definition) is 5. The standard InChI is InChI=1S/C24H26N2O4/c1-5-7-8-11-26-23(28)18(13-25)14(3)20(24(26)29)21(27)22-15(4)17-12-16(6-2)9-10-19(17)30-22/h9-10,12,29H,5-8,11H2,1-4H3.